The molecule has 3 heterocycles. The SMILES string of the molecule is Cn1cnc(C(=O)N2CC3(CC(NC4CCCC4)CS3)C2)c1. The number of hydrogen-bond donors (Lipinski definition) is 1. The predicted octanol–water partition coefficient (Wildman–Crippen LogP) is 1.65. The van der Waals surface area contributed by atoms with Gasteiger partial charge in [-0.1, -0.05) is 12.8 Å². The Hall–Kier alpha value is -1.01. The minimum absolute atomic E-state index is 0.0824. The van der Waals surface area contributed by atoms with Crippen LogP contribution in [-0.4, -0.2) is 56.0 Å². The van der Waals surface area contributed by atoms with E-state index in [9.17, 15) is 4.79 Å². The van der Waals surface area contributed by atoms with Gasteiger partial charge in [-0.05, 0) is 19.3 Å². The van der Waals surface area contributed by atoms with Crippen molar-refractivity contribution in [2.24, 2.45) is 7.05 Å². The maximum absolute atomic E-state index is 12.4. The molecule has 0 radical (unpaired) electrons. The first-order chi connectivity index (χ1) is 10.6. The minimum Gasteiger partial charge on any atom is -0.340 e. The van der Waals surface area contributed by atoms with E-state index in [2.05, 4.69) is 22.1 Å². The molecule has 0 bridgehead atoms. The second-order valence-corrected chi connectivity index (χ2v) is 8.62. The normalized spacial score (nSPS) is 27.5. The van der Waals surface area contributed by atoms with E-state index in [1.807, 2.05) is 16.5 Å². The van der Waals surface area contributed by atoms with Crippen molar-refractivity contribution in [1.29, 1.82) is 0 Å². The van der Waals surface area contributed by atoms with Gasteiger partial charge in [-0.15, -0.1) is 11.8 Å². The number of hydrogen-bond acceptors (Lipinski definition) is 4. The Morgan fingerprint density at radius 3 is 2.82 bits per heavy atom. The molecule has 1 saturated carbocycles. The Labute approximate surface area is 135 Å². The topological polar surface area (TPSA) is 50.2 Å². The third kappa shape index (κ3) is 2.67. The van der Waals surface area contributed by atoms with Crippen LogP contribution < -0.4 is 5.32 Å². The van der Waals surface area contributed by atoms with Gasteiger partial charge < -0.3 is 14.8 Å². The van der Waals surface area contributed by atoms with Crippen molar-refractivity contribution in [2.45, 2.75) is 48.9 Å². The van der Waals surface area contributed by atoms with Crippen LogP contribution in [0, 0.1) is 0 Å². The Balaban J connectivity index is 1.30. The first-order valence-electron chi connectivity index (χ1n) is 8.31. The van der Waals surface area contributed by atoms with E-state index >= 15 is 0 Å². The molecule has 0 aromatic carbocycles. The maximum Gasteiger partial charge on any atom is 0.274 e. The van der Waals surface area contributed by atoms with E-state index in [1.54, 1.807) is 12.5 Å². The van der Waals surface area contributed by atoms with Gasteiger partial charge in [0.2, 0.25) is 0 Å². The Morgan fingerprint density at radius 1 is 1.36 bits per heavy atom. The van der Waals surface area contributed by atoms with E-state index in [4.69, 9.17) is 0 Å². The van der Waals surface area contributed by atoms with Crippen LogP contribution in [0.5, 0.6) is 0 Å². The number of thioether (sulfide) groups is 1. The number of imidazole rings is 1. The Morgan fingerprint density at radius 2 is 2.14 bits per heavy atom. The van der Waals surface area contributed by atoms with Crippen LogP contribution >= 0.6 is 11.8 Å². The first-order valence-corrected chi connectivity index (χ1v) is 9.29. The molecule has 2 saturated heterocycles. The number of nitrogens with zero attached hydrogens (tertiary/aromatic N) is 3. The second-order valence-electron chi connectivity index (χ2n) is 7.13. The largest absolute Gasteiger partial charge is 0.340 e. The molecule has 1 amide bonds. The number of carbonyl (C=O) groups is 1. The highest BCUT2D eigenvalue weighted by atomic mass is 32.2. The smallest absolute Gasteiger partial charge is 0.274 e. The number of aryl methyl sites for hydroxylation is 1. The number of nitrogens with one attached hydrogen (secondary N) is 1. The molecular weight excluding hydrogens is 296 g/mol. The minimum atomic E-state index is 0.0824. The van der Waals surface area contributed by atoms with Crippen LogP contribution in [0.2, 0.25) is 0 Å². The molecule has 3 aliphatic rings. The third-order valence-corrected chi connectivity index (χ3v) is 6.81. The lowest BCUT2D eigenvalue weighted by Gasteiger charge is -2.47. The number of amides is 1. The number of aromatic nitrogens is 2. The van der Waals surface area contributed by atoms with Crippen LogP contribution in [0.4, 0.5) is 0 Å². The lowest BCUT2D eigenvalue weighted by atomic mass is 9.91. The van der Waals surface area contributed by atoms with Crippen molar-refractivity contribution in [3.8, 4) is 0 Å². The lowest BCUT2D eigenvalue weighted by Crippen LogP contribution is -2.61. The highest BCUT2D eigenvalue weighted by Gasteiger charge is 2.51. The summed E-state index contributed by atoms with van der Waals surface area (Å²) in [6.07, 6.45) is 10.2. The van der Waals surface area contributed by atoms with Gasteiger partial charge in [0.25, 0.3) is 5.91 Å². The zero-order valence-corrected chi connectivity index (χ0v) is 13.9. The number of rotatable bonds is 3. The van der Waals surface area contributed by atoms with Crippen LogP contribution in [-0.2, 0) is 7.05 Å². The summed E-state index contributed by atoms with van der Waals surface area (Å²) in [5.41, 5.74) is 0.570. The van der Waals surface area contributed by atoms with Crippen LogP contribution in [0.25, 0.3) is 0 Å². The summed E-state index contributed by atoms with van der Waals surface area (Å²) in [4.78, 5) is 18.5. The highest BCUT2D eigenvalue weighted by molar-refractivity contribution is 8.01. The van der Waals surface area contributed by atoms with Gasteiger partial charge in [-0.25, -0.2) is 4.98 Å². The molecule has 4 rings (SSSR count). The molecule has 22 heavy (non-hydrogen) atoms. The van der Waals surface area contributed by atoms with E-state index in [-0.39, 0.29) is 5.91 Å². The number of carbonyl (C=O) groups excluding carboxylic acids is 1. The highest BCUT2D eigenvalue weighted by Crippen LogP contribution is 2.45. The van der Waals surface area contributed by atoms with E-state index in [0.717, 1.165) is 19.1 Å². The fourth-order valence-corrected chi connectivity index (χ4v) is 5.66. The van der Waals surface area contributed by atoms with Crippen molar-refractivity contribution in [3.05, 3.63) is 18.2 Å². The maximum atomic E-state index is 12.4. The zero-order chi connectivity index (χ0) is 15.2. The van der Waals surface area contributed by atoms with Gasteiger partial charge in [0.05, 0.1) is 11.1 Å². The molecule has 1 unspecified atom stereocenters. The second kappa shape index (κ2) is 5.57. The average molecular weight is 320 g/mol. The Kier molecular flexibility index (Phi) is 3.69. The molecule has 1 aliphatic carbocycles. The van der Waals surface area contributed by atoms with Gasteiger partial charge in [0.15, 0.2) is 0 Å². The summed E-state index contributed by atoms with van der Waals surface area (Å²) in [6.45, 7) is 1.77. The van der Waals surface area contributed by atoms with Crippen LogP contribution in [0.15, 0.2) is 12.5 Å². The van der Waals surface area contributed by atoms with Gasteiger partial charge in [-0.3, -0.25) is 4.79 Å². The molecule has 1 aromatic rings. The van der Waals surface area contributed by atoms with Crippen LogP contribution in [0.3, 0.4) is 0 Å². The van der Waals surface area contributed by atoms with Crippen molar-refractivity contribution >= 4 is 17.7 Å². The molecule has 120 valence electrons. The summed E-state index contributed by atoms with van der Waals surface area (Å²) in [5, 5.41) is 3.84. The first kappa shape index (κ1) is 14.6. The summed E-state index contributed by atoms with van der Waals surface area (Å²) in [5.74, 6) is 1.28. The summed E-state index contributed by atoms with van der Waals surface area (Å²) >= 11 is 2.06. The van der Waals surface area contributed by atoms with E-state index in [1.165, 1.54) is 37.9 Å². The quantitative estimate of drug-likeness (QED) is 0.920. The molecule has 1 aromatic heterocycles. The fourth-order valence-electron chi connectivity index (χ4n) is 4.08. The predicted molar refractivity (Wildman–Crippen MR) is 88.1 cm³/mol. The molecule has 1 spiro atoms. The molecule has 1 N–H and O–H groups in total. The van der Waals surface area contributed by atoms with Gasteiger partial charge in [-0.2, -0.15) is 0 Å². The molecule has 3 fully saturated rings. The third-order valence-electron chi connectivity index (χ3n) is 5.20. The van der Waals surface area contributed by atoms with Crippen LogP contribution in [0.1, 0.15) is 42.6 Å². The molecule has 6 heteroatoms. The summed E-state index contributed by atoms with van der Waals surface area (Å²) in [7, 11) is 1.90. The fraction of sp³-hybridized carbons (Fsp3) is 0.750. The van der Waals surface area contributed by atoms with Gasteiger partial charge >= 0.3 is 0 Å². The Bertz CT molecular complexity index is 560. The average Bonchev–Trinajstić information content (AvgIpc) is 3.17. The standard InChI is InChI=1S/C16H24N4OS/c1-19-7-14(17-11-19)15(21)20-9-16(10-20)6-13(8-22-16)18-12-4-2-3-5-12/h7,11-13,18H,2-6,8-10H2,1H3. The van der Waals surface area contributed by atoms with Crippen molar-refractivity contribution in [2.75, 3.05) is 18.8 Å². The summed E-state index contributed by atoms with van der Waals surface area (Å²) < 4.78 is 2.13. The molecule has 5 nitrogen and oxygen atoms in total. The van der Waals surface area contributed by atoms with Gasteiger partial charge in [0.1, 0.15) is 5.69 Å². The van der Waals surface area contributed by atoms with Crippen molar-refractivity contribution < 1.29 is 4.79 Å². The molecular formula is C16H24N4OS. The molecule has 2 aliphatic heterocycles. The van der Waals surface area contributed by atoms with E-state index < -0.39 is 0 Å². The summed E-state index contributed by atoms with van der Waals surface area (Å²) in [6, 6.07) is 1.38. The monoisotopic (exact) mass is 320 g/mol. The number of likely N-dealkylation sites (tertiary alicyclic amines) is 1. The molecule has 1 atom stereocenters. The van der Waals surface area contributed by atoms with Crippen molar-refractivity contribution in [3.63, 3.8) is 0 Å². The lowest BCUT2D eigenvalue weighted by molar-refractivity contribution is 0.0545. The van der Waals surface area contributed by atoms with Gasteiger partial charge in [0, 0.05) is 44.2 Å². The van der Waals surface area contributed by atoms with E-state index in [0.29, 0.717) is 16.5 Å². The zero-order valence-electron chi connectivity index (χ0n) is 13.1. The van der Waals surface area contributed by atoms with Crippen molar-refractivity contribution in [1.82, 2.24) is 19.8 Å².